The molecule has 1 aromatic rings. The number of carbonyl (C=O) groups excluding carboxylic acids is 2. The summed E-state index contributed by atoms with van der Waals surface area (Å²) in [4.78, 5) is 42.1. The summed E-state index contributed by atoms with van der Waals surface area (Å²) in [5, 5.41) is 25.1. The first-order valence-corrected chi connectivity index (χ1v) is 14.6. The molecule has 3 rings (SSSR count). The van der Waals surface area contributed by atoms with E-state index < -0.39 is 50.5 Å². The average molecular weight is 551 g/mol. The van der Waals surface area contributed by atoms with Crippen LogP contribution in [0.4, 0.5) is 5.13 Å². The quantitative estimate of drug-likeness (QED) is 0.0717. The lowest BCUT2D eigenvalue weighted by Gasteiger charge is -2.49. The number of rotatable bonds is 11. The van der Waals surface area contributed by atoms with Gasteiger partial charge in [-0.25, -0.2) is 18.2 Å². The topological polar surface area (TPSA) is 218 Å². The van der Waals surface area contributed by atoms with Crippen LogP contribution in [0.2, 0.25) is 0 Å². The number of amides is 2. The first kappa shape index (κ1) is 26.3. The summed E-state index contributed by atoms with van der Waals surface area (Å²) in [6, 6.07) is -1.09. The Morgan fingerprint density at radius 2 is 2.12 bits per heavy atom. The van der Waals surface area contributed by atoms with Crippen LogP contribution in [-0.4, -0.2) is 98.8 Å². The molecule has 0 aliphatic carbocycles. The Kier molecular flexibility index (Phi) is 8.45. The van der Waals surface area contributed by atoms with Crippen molar-refractivity contribution in [3.05, 3.63) is 22.3 Å². The Labute approximate surface area is 206 Å². The van der Waals surface area contributed by atoms with Crippen LogP contribution >= 0.6 is 34.9 Å². The highest BCUT2D eigenvalue weighted by Crippen LogP contribution is 2.40. The van der Waals surface area contributed by atoms with Gasteiger partial charge in [0.15, 0.2) is 20.7 Å². The van der Waals surface area contributed by atoms with Gasteiger partial charge >= 0.3 is 5.97 Å². The molecule has 0 spiro atoms. The van der Waals surface area contributed by atoms with Crippen LogP contribution in [0, 0.1) is 0 Å². The van der Waals surface area contributed by atoms with Crippen LogP contribution in [0.5, 0.6) is 0 Å². The molecule has 7 N–H and O–H groups in total. The van der Waals surface area contributed by atoms with E-state index in [9.17, 15) is 33.1 Å². The number of hydrogen-bond acceptors (Lipinski definition) is 13. The van der Waals surface area contributed by atoms with Crippen LogP contribution in [0.1, 0.15) is 5.69 Å². The molecule has 17 heteroatoms. The van der Waals surface area contributed by atoms with E-state index in [-0.39, 0.29) is 33.6 Å². The monoisotopic (exact) mass is 550 g/mol. The standard InChI is InChI=1S/C17H22N6O7S4/c18-1-2-31-3-4-34(29,30)7-8-5-32-15-11(14(25)23(15)12(8)16(26)27)21-13(24)10(22-28)9-6-33-17(19)20-9/h6,11,15,28H,1-5,7,18H2,(H2,19,20)(H,21,24)(H,26,27)/b22-10-/t11?,15-/m1/s1. The molecular formula is C17H22N6O7S4. The van der Waals surface area contributed by atoms with Crippen molar-refractivity contribution in [2.75, 3.05) is 41.0 Å². The zero-order valence-electron chi connectivity index (χ0n) is 17.5. The number of nitrogens with one attached hydrogen (secondary N) is 1. The lowest BCUT2D eigenvalue weighted by Crippen LogP contribution is -2.71. The number of carboxylic acid groups (broad SMARTS) is 1. The van der Waals surface area contributed by atoms with E-state index in [0.717, 1.165) is 28.0 Å². The van der Waals surface area contributed by atoms with E-state index in [2.05, 4.69) is 15.5 Å². The van der Waals surface area contributed by atoms with Crippen molar-refractivity contribution in [1.82, 2.24) is 15.2 Å². The summed E-state index contributed by atoms with van der Waals surface area (Å²) in [6.07, 6.45) is 0. The fraction of sp³-hybridized carbons (Fsp3) is 0.471. The second kappa shape index (κ2) is 10.9. The number of hydrogen-bond donors (Lipinski definition) is 5. The molecule has 1 saturated heterocycles. The lowest BCUT2D eigenvalue weighted by atomic mass is 10.0. The number of anilines is 1. The van der Waals surface area contributed by atoms with E-state index in [1.807, 2.05) is 0 Å². The largest absolute Gasteiger partial charge is 0.477 e. The van der Waals surface area contributed by atoms with Crippen molar-refractivity contribution >= 4 is 73.3 Å². The minimum atomic E-state index is -3.60. The van der Waals surface area contributed by atoms with Crippen LogP contribution in [-0.2, 0) is 24.2 Å². The van der Waals surface area contributed by atoms with Gasteiger partial charge in [-0.1, -0.05) is 5.16 Å². The van der Waals surface area contributed by atoms with Gasteiger partial charge in [0, 0.05) is 29.2 Å². The van der Waals surface area contributed by atoms with Crippen LogP contribution < -0.4 is 16.8 Å². The van der Waals surface area contributed by atoms with E-state index in [1.54, 1.807) is 0 Å². The number of carboxylic acids is 1. The van der Waals surface area contributed by atoms with E-state index in [4.69, 9.17) is 11.5 Å². The van der Waals surface area contributed by atoms with Crippen molar-refractivity contribution in [3.63, 3.8) is 0 Å². The third kappa shape index (κ3) is 5.65. The normalized spacial score (nSPS) is 20.7. The maximum Gasteiger partial charge on any atom is 0.352 e. The molecule has 1 aromatic heterocycles. The second-order valence-corrected chi connectivity index (χ2v) is 12.5. The number of aromatic nitrogens is 1. The van der Waals surface area contributed by atoms with Crippen LogP contribution in [0.25, 0.3) is 0 Å². The fourth-order valence-corrected chi connectivity index (χ4v) is 8.12. The summed E-state index contributed by atoms with van der Waals surface area (Å²) >= 11 is 3.55. The molecule has 0 saturated carbocycles. The van der Waals surface area contributed by atoms with Gasteiger partial charge in [0.25, 0.3) is 11.8 Å². The van der Waals surface area contributed by atoms with Crippen LogP contribution in [0.15, 0.2) is 21.8 Å². The first-order valence-electron chi connectivity index (χ1n) is 9.72. The third-order valence-corrected chi connectivity index (χ3v) is 9.71. The Morgan fingerprint density at radius 3 is 2.71 bits per heavy atom. The number of sulfone groups is 1. The van der Waals surface area contributed by atoms with E-state index in [0.29, 0.717) is 18.1 Å². The minimum Gasteiger partial charge on any atom is -0.477 e. The van der Waals surface area contributed by atoms with Gasteiger partial charge in [0.1, 0.15) is 22.8 Å². The van der Waals surface area contributed by atoms with Crippen LogP contribution in [0.3, 0.4) is 0 Å². The molecule has 2 aliphatic rings. The molecule has 2 aliphatic heterocycles. The van der Waals surface area contributed by atoms with Gasteiger partial charge in [-0.3, -0.25) is 14.5 Å². The summed E-state index contributed by atoms with van der Waals surface area (Å²) < 4.78 is 25.0. The highest BCUT2D eigenvalue weighted by Gasteiger charge is 2.54. The Bertz CT molecular complexity index is 1150. The third-order valence-electron chi connectivity index (χ3n) is 4.81. The minimum absolute atomic E-state index is 0.0191. The molecule has 1 unspecified atom stereocenters. The number of oxime groups is 1. The molecule has 0 bridgehead atoms. The summed E-state index contributed by atoms with van der Waals surface area (Å²) in [6.45, 7) is 0.426. The lowest BCUT2D eigenvalue weighted by molar-refractivity contribution is -0.150. The van der Waals surface area contributed by atoms with Crippen molar-refractivity contribution in [2.45, 2.75) is 11.4 Å². The number of thiazole rings is 1. The Hall–Kier alpha value is -2.34. The number of aliphatic carboxylic acids is 1. The number of β-lactam (4-membered cyclic amide) rings is 1. The summed E-state index contributed by atoms with van der Waals surface area (Å²) in [5.41, 5.74) is 10.2. The highest BCUT2D eigenvalue weighted by atomic mass is 32.2. The molecule has 3 heterocycles. The number of carbonyl (C=O) groups is 3. The molecule has 186 valence electrons. The summed E-state index contributed by atoms with van der Waals surface area (Å²) in [5.74, 6) is -2.65. The van der Waals surface area contributed by atoms with E-state index in [1.165, 1.54) is 17.1 Å². The predicted octanol–water partition coefficient (Wildman–Crippen LogP) is -1.25. The van der Waals surface area contributed by atoms with Gasteiger partial charge in [0.05, 0.1) is 11.5 Å². The van der Waals surface area contributed by atoms with Crippen molar-refractivity contribution in [3.8, 4) is 0 Å². The Morgan fingerprint density at radius 1 is 1.38 bits per heavy atom. The Balaban J connectivity index is 1.72. The van der Waals surface area contributed by atoms with Gasteiger partial charge in [-0.2, -0.15) is 11.8 Å². The number of nitrogens with zero attached hydrogens (tertiary/aromatic N) is 3. The molecule has 0 aromatic carbocycles. The molecule has 2 amide bonds. The first-order chi connectivity index (χ1) is 16.1. The molecular weight excluding hydrogens is 528 g/mol. The van der Waals surface area contributed by atoms with Crippen molar-refractivity contribution in [1.29, 1.82) is 0 Å². The molecule has 13 nitrogen and oxygen atoms in total. The maximum absolute atomic E-state index is 12.8. The fourth-order valence-electron chi connectivity index (χ4n) is 3.32. The zero-order valence-corrected chi connectivity index (χ0v) is 20.8. The average Bonchev–Trinajstić information content (AvgIpc) is 3.20. The summed E-state index contributed by atoms with van der Waals surface area (Å²) in [7, 11) is -3.60. The number of fused-ring (bicyclic) bond motifs is 1. The van der Waals surface area contributed by atoms with Crippen molar-refractivity contribution < 1.29 is 33.1 Å². The SMILES string of the molecule is NCCSCCS(=O)(=O)CC1=C(C(=O)O)N2C(=O)C(NC(=O)/C(=N\O)c3csc(N)n3)[C@H]2SC1. The van der Waals surface area contributed by atoms with Crippen molar-refractivity contribution in [2.24, 2.45) is 10.9 Å². The van der Waals surface area contributed by atoms with Gasteiger partial charge in [0.2, 0.25) is 0 Å². The zero-order chi connectivity index (χ0) is 25.0. The van der Waals surface area contributed by atoms with Gasteiger partial charge in [-0.15, -0.1) is 23.1 Å². The second-order valence-electron chi connectivity index (χ2n) is 7.13. The van der Waals surface area contributed by atoms with E-state index >= 15 is 0 Å². The van der Waals surface area contributed by atoms with Gasteiger partial charge in [-0.05, 0) is 5.57 Å². The molecule has 1 fully saturated rings. The molecule has 0 radical (unpaired) electrons. The molecule has 2 atom stereocenters. The number of thioether (sulfide) groups is 2. The molecule has 34 heavy (non-hydrogen) atoms. The highest BCUT2D eigenvalue weighted by molar-refractivity contribution is 8.01. The van der Waals surface area contributed by atoms with Gasteiger partial charge < -0.3 is 27.1 Å². The smallest absolute Gasteiger partial charge is 0.352 e. The maximum atomic E-state index is 12.8. The number of nitrogen functional groups attached to an aromatic ring is 1. The number of nitrogens with two attached hydrogens (primary N) is 2. The predicted molar refractivity (Wildman–Crippen MR) is 130 cm³/mol.